The largest absolute Gasteiger partial charge is 0.348 e. The number of likely N-dealkylation sites (tertiary alicyclic amines) is 1. The average Bonchev–Trinajstić information content (AvgIpc) is 3.27. The highest BCUT2D eigenvalue weighted by atomic mass is 32.1. The summed E-state index contributed by atoms with van der Waals surface area (Å²) < 4.78 is 0. The normalized spacial score (nSPS) is 22.5. The molecule has 1 aliphatic carbocycles. The molecule has 2 amide bonds. The van der Waals surface area contributed by atoms with E-state index in [4.69, 9.17) is 0 Å². The summed E-state index contributed by atoms with van der Waals surface area (Å²) in [5.74, 6) is 1.09. The molecule has 4 nitrogen and oxygen atoms in total. The second-order valence-corrected chi connectivity index (χ2v) is 8.58. The lowest BCUT2D eigenvalue weighted by Gasteiger charge is -2.33. The van der Waals surface area contributed by atoms with Crippen molar-refractivity contribution < 1.29 is 9.59 Å². The molecule has 3 rings (SSSR count). The molecule has 2 unspecified atom stereocenters. The van der Waals surface area contributed by atoms with E-state index in [0.29, 0.717) is 12.5 Å². The fourth-order valence-electron chi connectivity index (χ4n) is 3.48. The predicted molar refractivity (Wildman–Crippen MR) is 96.7 cm³/mol. The smallest absolute Gasteiger partial charge is 0.225 e. The van der Waals surface area contributed by atoms with Crippen molar-refractivity contribution in [2.75, 3.05) is 13.1 Å². The third kappa shape index (κ3) is 4.38. The number of rotatable bonds is 6. The van der Waals surface area contributed by atoms with Crippen LogP contribution in [0.25, 0.3) is 0 Å². The highest BCUT2D eigenvalue weighted by Gasteiger charge is 2.37. The SMILES string of the molecule is CC(C)CC(NC(=O)C1CCCN(C(=O)C2CC2)C1)c1cccs1. The van der Waals surface area contributed by atoms with Crippen molar-refractivity contribution in [1.29, 1.82) is 0 Å². The number of thiophene rings is 1. The molecule has 2 aliphatic rings. The molecule has 24 heavy (non-hydrogen) atoms. The van der Waals surface area contributed by atoms with Gasteiger partial charge < -0.3 is 10.2 Å². The first-order valence-corrected chi connectivity index (χ1v) is 10.0. The maximum Gasteiger partial charge on any atom is 0.225 e. The van der Waals surface area contributed by atoms with Crippen LogP contribution in [0.4, 0.5) is 0 Å². The van der Waals surface area contributed by atoms with Gasteiger partial charge in [0.25, 0.3) is 0 Å². The van der Waals surface area contributed by atoms with Crippen molar-refractivity contribution in [3.8, 4) is 0 Å². The Morgan fingerprint density at radius 3 is 2.71 bits per heavy atom. The summed E-state index contributed by atoms with van der Waals surface area (Å²) in [7, 11) is 0. The van der Waals surface area contributed by atoms with Gasteiger partial charge in [0.1, 0.15) is 0 Å². The van der Waals surface area contributed by atoms with E-state index in [1.807, 2.05) is 11.0 Å². The molecule has 1 saturated carbocycles. The number of nitrogens with one attached hydrogen (secondary N) is 1. The summed E-state index contributed by atoms with van der Waals surface area (Å²) in [6.45, 7) is 5.78. The van der Waals surface area contributed by atoms with E-state index in [9.17, 15) is 9.59 Å². The zero-order valence-electron chi connectivity index (χ0n) is 14.7. The van der Waals surface area contributed by atoms with E-state index in [0.717, 1.165) is 38.6 Å². The van der Waals surface area contributed by atoms with Crippen molar-refractivity contribution in [3.05, 3.63) is 22.4 Å². The van der Waals surface area contributed by atoms with Crippen LogP contribution in [0, 0.1) is 17.8 Å². The van der Waals surface area contributed by atoms with Gasteiger partial charge in [0.05, 0.1) is 12.0 Å². The second kappa shape index (κ2) is 7.68. The summed E-state index contributed by atoms with van der Waals surface area (Å²) in [6.07, 6.45) is 4.83. The lowest BCUT2D eigenvalue weighted by molar-refractivity contribution is -0.137. The number of hydrogen-bond acceptors (Lipinski definition) is 3. The Hall–Kier alpha value is -1.36. The molecule has 0 spiro atoms. The summed E-state index contributed by atoms with van der Waals surface area (Å²) >= 11 is 1.70. The van der Waals surface area contributed by atoms with Crippen LogP contribution in [0.5, 0.6) is 0 Å². The van der Waals surface area contributed by atoms with Gasteiger partial charge in [-0.25, -0.2) is 0 Å². The maximum absolute atomic E-state index is 12.8. The standard InChI is InChI=1S/C19H28N2O2S/c1-13(2)11-16(17-6-4-10-24-17)20-18(22)15-5-3-9-21(12-15)19(23)14-7-8-14/h4,6,10,13-16H,3,5,7-9,11-12H2,1-2H3,(H,20,22). The van der Waals surface area contributed by atoms with Crippen LogP contribution in [0.15, 0.2) is 17.5 Å². The predicted octanol–water partition coefficient (Wildman–Crippen LogP) is 3.60. The Kier molecular flexibility index (Phi) is 5.59. The Bertz CT molecular complexity index is 566. The van der Waals surface area contributed by atoms with Gasteiger partial charge in [-0.05, 0) is 49.5 Å². The molecule has 5 heteroatoms. The maximum atomic E-state index is 12.8. The van der Waals surface area contributed by atoms with Crippen LogP contribution in [-0.2, 0) is 9.59 Å². The zero-order chi connectivity index (χ0) is 17.1. The number of piperidine rings is 1. The van der Waals surface area contributed by atoms with Gasteiger partial charge in [-0.15, -0.1) is 11.3 Å². The lowest BCUT2D eigenvalue weighted by Crippen LogP contribution is -2.46. The number of amides is 2. The van der Waals surface area contributed by atoms with Crippen LogP contribution in [0.2, 0.25) is 0 Å². The van der Waals surface area contributed by atoms with Gasteiger partial charge in [-0.3, -0.25) is 9.59 Å². The van der Waals surface area contributed by atoms with E-state index >= 15 is 0 Å². The van der Waals surface area contributed by atoms with Crippen LogP contribution >= 0.6 is 11.3 Å². The minimum absolute atomic E-state index is 0.0592. The fourth-order valence-corrected chi connectivity index (χ4v) is 4.27. The van der Waals surface area contributed by atoms with Crippen LogP contribution < -0.4 is 5.32 Å². The van der Waals surface area contributed by atoms with Crippen LogP contribution in [0.3, 0.4) is 0 Å². The molecule has 1 saturated heterocycles. The van der Waals surface area contributed by atoms with E-state index in [2.05, 4.69) is 30.6 Å². The van der Waals surface area contributed by atoms with Crippen molar-refractivity contribution >= 4 is 23.2 Å². The van der Waals surface area contributed by atoms with E-state index < -0.39 is 0 Å². The van der Waals surface area contributed by atoms with Crippen LogP contribution in [-0.4, -0.2) is 29.8 Å². The molecule has 2 fully saturated rings. The summed E-state index contributed by atoms with van der Waals surface area (Å²) in [6, 6.07) is 4.23. The van der Waals surface area contributed by atoms with E-state index in [1.165, 1.54) is 4.88 Å². The summed E-state index contributed by atoms with van der Waals surface area (Å²) in [4.78, 5) is 28.2. The number of hydrogen-bond donors (Lipinski definition) is 1. The van der Waals surface area contributed by atoms with Gasteiger partial charge in [0, 0.05) is 23.9 Å². The Morgan fingerprint density at radius 2 is 2.08 bits per heavy atom. The quantitative estimate of drug-likeness (QED) is 0.854. The molecule has 132 valence electrons. The molecule has 1 N–H and O–H groups in total. The van der Waals surface area contributed by atoms with Gasteiger partial charge in [0.15, 0.2) is 0 Å². The minimum Gasteiger partial charge on any atom is -0.348 e. The molecule has 0 radical (unpaired) electrons. The Labute approximate surface area is 148 Å². The zero-order valence-corrected chi connectivity index (χ0v) is 15.5. The third-order valence-electron chi connectivity index (χ3n) is 4.94. The van der Waals surface area contributed by atoms with E-state index in [1.54, 1.807) is 11.3 Å². The first-order chi connectivity index (χ1) is 11.5. The molecule has 2 atom stereocenters. The third-order valence-corrected chi connectivity index (χ3v) is 5.93. The molecule has 1 aromatic heterocycles. The summed E-state index contributed by atoms with van der Waals surface area (Å²) in [5.41, 5.74) is 0. The second-order valence-electron chi connectivity index (χ2n) is 7.60. The Balaban J connectivity index is 1.60. The monoisotopic (exact) mass is 348 g/mol. The number of carbonyl (C=O) groups is 2. The minimum atomic E-state index is -0.0592. The Morgan fingerprint density at radius 1 is 1.29 bits per heavy atom. The molecule has 1 aliphatic heterocycles. The molecule has 0 bridgehead atoms. The molecular weight excluding hydrogens is 320 g/mol. The number of nitrogens with zero attached hydrogens (tertiary/aromatic N) is 1. The highest BCUT2D eigenvalue weighted by molar-refractivity contribution is 7.10. The van der Waals surface area contributed by atoms with Gasteiger partial charge >= 0.3 is 0 Å². The summed E-state index contributed by atoms with van der Waals surface area (Å²) in [5, 5.41) is 5.32. The average molecular weight is 349 g/mol. The first kappa shape index (κ1) is 17.5. The highest BCUT2D eigenvalue weighted by Crippen LogP contribution is 2.33. The fraction of sp³-hybridized carbons (Fsp3) is 0.684. The van der Waals surface area contributed by atoms with Crippen molar-refractivity contribution in [3.63, 3.8) is 0 Å². The lowest BCUT2D eigenvalue weighted by atomic mass is 9.95. The van der Waals surface area contributed by atoms with Crippen LogP contribution in [0.1, 0.15) is 56.9 Å². The van der Waals surface area contributed by atoms with E-state index in [-0.39, 0.29) is 29.7 Å². The topological polar surface area (TPSA) is 49.4 Å². The first-order valence-electron chi connectivity index (χ1n) is 9.17. The molecule has 1 aromatic rings. The molecular formula is C19H28N2O2S. The van der Waals surface area contributed by atoms with Crippen molar-refractivity contribution in [1.82, 2.24) is 10.2 Å². The number of carbonyl (C=O) groups excluding carboxylic acids is 2. The van der Waals surface area contributed by atoms with Crippen molar-refractivity contribution in [2.24, 2.45) is 17.8 Å². The van der Waals surface area contributed by atoms with Gasteiger partial charge in [-0.1, -0.05) is 19.9 Å². The van der Waals surface area contributed by atoms with Crippen molar-refractivity contribution in [2.45, 2.75) is 52.0 Å². The molecule has 0 aromatic carbocycles. The molecule has 2 heterocycles. The van der Waals surface area contributed by atoms with Gasteiger partial charge in [-0.2, -0.15) is 0 Å². The van der Waals surface area contributed by atoms with Gasteiger partial charge in [0.2, 0.25) is 11.8 Å².